The minimum absolute atomic E-state index is 0.0839. The highest BCUT2D eigenvalue weighted by Gasteiger charge is 2.38. The molecule has 0 bridgehead atoms. The molecule has 4 rings (SSSR count). The first-order valence-electron chi connectivity index (χ1n) is 10.2. The molecule has 1 aromatic carbocycles. The van der Waals surface area contributed by atoms with Crippen LogP contribution in [0.4, 0.5) is 31.5 Å². The molecule has 1 aliphatic rings. The van der Waals surface area contributed by atoms with Crippen molar-refractivity contribution < 1.29 is 50.9 Å². The highest BCUT2D eigenvalue weighted by Crippen LogP contribution is 2.30. The molecule has 3 aromatic rings. The number of alkyl halides is 6. The lowest BCUT2D eigenvalue weighted by Crippen LogP contribution is -2.34. The van der Waals surface area contributed by atoms with E-state index in [1.54, 1.807) is 6.20 Å². The summed E-state index contributed by atoms with van der Waals surface area (Å²) in [6, 6.07) is 6.08. The van der Waals surface area contributed by atoms with Gasteiger partial charge in [-0.1, -0.05) is 17.4 Å². The van der Waals surface area contributed by atoms with Crippen LogP contribution in [-0.2, 0) is 14.4 Å². The predicted molar refractivity (Wildman–Crippen MR) is 119 cm³/mol. The zero-order valence-corrected chi connectivity index (χ0v) is 19.3. The van der Waals surface area contributed by atoms with E-state index in [9.17, 15) is 31.1 Å². The molecule has 2 aromatic heterocycles. The number of benzene rings is 1. The number of hydrogen-bond donors (Lipinski definition) is 5. The number of hydrogen-bond acceptors (Lipinski definition) is 7. The molecule has 10 nitrogen and oxygen atoms in total. The van der Waals surface area contributed by atoms with Crippen molar-refractivity contribution in [3.05, 3.63) is 30.6 Å². The van der Waals surface area contributed by atoms with E-state index in [1.807, 2.05) is 18.3 Å². The Labute approximate surface area is 207 Å². The number of carbonyl (C=O) groups excluding carboxylic acids is 1. The Hall–Kier alpha value is -3.73. The van der Waals surface area contributed by atoms with Crippen LogP contribution in [0, 0.1) is 5.92 Å². The number of thiazole rings is 1. The van der Waals surface area contributed by atoms with E-state index in [2.05, 4.69) is 31.9 Å². The maximum Gasteiger partial charge on any atom is 0.490 e. The van der Waals surface area contributed by atoms with E-state index in [4.69, 9.17) is 19.8 Å². The quantitative estimate of drug-likeness (QED) is 0.305. The second-order valence-corrected chi connectivity index (χ2v) is 8.34. The van der Waals surface area contributed by atoms with Gasteiger partial charge in [-0.05, 0) is 43.6 Å². The van der Waals surface area contributed by atoms with Crippen molar-refractivity contribution in [2.45, 2.75) is 25.2 Å². The molecule has 0 saturated carbocycles. The van der Waals surface area contributed by atoms with Gasteiger partial charge < -0.3 is 20.8 Å². The number of carboxylic acids is 2. The smallest absolute Gasteiger partial charge is 0.475 e. The summed E-state index contributed by atoms with van der Waals surface area (Å²) in [7, 11) is 0. The van der Waals surface area contributed by atoms with Crippen LogP contribution in [0.3, 0.4) is 0 Å². The monoisotopic (exact) mass is 555 g/mol. The number of aliphatic carboxylic acids is 2. The number of nitrogens with one attached hydrogen (secondary N) is 3. The Morgan fingerprint density at radius 1 is 0.973 bits per heavy atom. The highest BCUT2D eigenvalue weighted by atomic mass is 32.1. The summed E-state index contributed by atoms with van der Waals surface area (Å²) in [4.78, 5) is 34.6. The fraction of sp³-hybridized carbons (Fsp3) is 0.350. The lowest BCUT2D eigenvalue weighted by molar-refractivity contribution is -0.193. The molecule has 1 fully saturated rings. The lowest BCUT2D eigenvalue weighted by atomic mass is 9.97. The average molecular weight is 555 g/mol. The zero-order chi connectivity index (χ0) is 27.8. The van der Waals surface area contributed by atoms with Gasteiger partial charge in [-0.2, -0.15) is 31.4 Å². The van der Waals surface area contributed by atoms with E-state index >= 15 is 0 Å². The van der Waals surface area contributed by atoms with Crippen LogP contribution in [0.2, 0.25) is 0 Å². The van der Waals surface area contributed by atoms with Crippen LogP contribution < -0.4 is 10.6 Å². The van der Waals surface area contributed by atoms with Crippen LogP contribution in [0.1, 0.15) is 12.8 Å². The molecule has 0 radical (unpaired) electrons. The zero-order valence-electron chi connectivity index (χ0n) is 18.5. The largest absolute Gasteiger partial charge is 0.490 e. The predicted octanol–water partition coefficient (Wildman–Crippen LogP) is 3.89. The topological polar surface area (TPSA) is 157 Å². The molecule has 1 amide bonds. The first-order valence-corrected chi connectivity index (χ1v) is 11.0. The Morgan fingerprint density at radius 3 is 2.03 bits per heavy atom. The molecule has 0 aliphatic carbocycles. The van der Waals surface area contributed by atoms with Crippen molar-refractivity contribution in [3.63, 3.8) is 0 Å². The first-order chi connectivity index (χ1) is 17.2. The number of carbonyl (C=O) groups is 3. The Balaban J connectivity index is 0.000000286. The van der Waals surface area contributed by atoms with Gasteiger partial charge >= 0.3 is 24.3 Å². The average Bonchev–Trinajstić information content (AvgIpc) is 3.48. The molecule has 3 heterocycles. The molecule has 0 atom stereocenters. The van der Waals surface area contributed by atoms with Gasteiger partial charge in [-0.25, -0.2) is 14.6 Å². The number of fused-ring (bicyclic) bond motifs is 1. The number of rotatable bonds is 3. The van der Waals surface area contributed by atoms with Crippen molar-refractivity contribution >= 4 is 44.5 Å². The molecule has 0 unspecified atom stereocenters. The van der Waals surface area contributed by atoms with Gasteiger partial charge in [0.2, 0.25) is 5.91 Å². The van der Waals surface area contributed by atoms with Crippen LogP contribution in [0.25, 0.3) is 21.3 Å². The third kappa shape index (κ3) is 9.34. The summed E-state index contributed by atoms with van der Waals surface area (Å²) in [6.45, 7) is 1.82. The summed E-state index contributed by atoms with van der Waals surface area (Å²) in [5, 5.41) is 28.0. The van der Waals surface area contributed by atoms with E-state index < -0.39 is 24.3 Å². The summed E-state index contributed by atoms with van der Waals surface area (Å²) >= 11 is 1.51. The standard InChI is InChI=1S/C16H17N5OS.2C2HF3O2/c22-15(10-3-5-17-6-4-10)21-16-20-13-2-1-11(7-14(13)23-16)12-8-18-19-9-12;2*3-2(4,5)1(6)7/h1-2,7-10,17H,3-6H2,(H,18,19)(H,20,21,22);2*(H,6,7). The maximum absolute atomic E-state index is 12.3. The number of halogens is 6. The lowest BCUT2D eigenvalue weighted by Gasteiger charge is -2.20. The Bertz CT molecular complexity index is 1180. The summed E-state index contributed by atoms with van der Waals surface area (Å²) in [5.74, 6) is -5.34. The first kappa shape index (κ1) is 29.5. The number of anilines is 1. The Morgan fingerprint density at radius 2 is 1.54 bits per heavy atom. The number of aromatic amines is 1. The third-order valence-corrected chi connectivity index (χ3v) is 5.58. The molecule has 17 heteroatoms. The van der Waals surface area contributed by atoms with Crippen molar-refractivity contribution in [2.75, 3.05) is 18.4 Å². The molecule has 1 aliphatic heterocycles. The van der Waals surface area contributed by atoms with Gasteiger partial charge in [0.05, 0.1) is 16.4 Å². The second-order valence-electron chi connectivity index (χ2n) is 7.31. The van der Waals surface area contributed by atoms with Crippen molar-refractivity contribution in [1.82, 2.24) is 20.5 Å². The van der Waals surface area contributed by atoms with Crippen molar-refractivity contribution in [1.29, 1.82) is 0 Å². The summed E-state index contributed by atoms with van der Waals surface area (Å²) in [6.07, 6.45) is -4.73. The molecule has 0 spiro atoms. The Kier molecular flexibility index (Phi) is 9.96. The van der Waals surface area contributed by atoms with E-state index in [1.165, 1.54) is 11.3 Å². The number of aromatic nitrogens is 3. The number of amides is 1. The van der Waals surface area contributed by atoms with Gasteiger partial charge in [0.25, 0.3) is 0 Å². The summed E-state index contributed by atoms with van der Waals surface area (Å²) < 4.78 is 64.5. The van der Waals surface area contributed by atoms with Crippen molar-refractivity contribution in [3.8, 4) is 11.1 Å². The normalized spacial score (nSPS) is 14.1. The van der Waals surface area contributed by atoms with Gasteiger partial charge in [0.15, 0.2) is 5.13 Å². The number of nitrogens with zero attached hydrogens (tertiary/aromatic N) is 2. The molecular formula is C20H19F6N5O5S. The van der Waals surface area contributed by atoms with Crippen molar-refractivity contribution in [2.24, 2.45) is 5.92 Å². The number of H-pyrrole nitrogens is 1. The van der Waals surface area contributed by atoms with E-state index in [-0.39, 0.29) is 11.8 Å². The van der Waals surface area contributed by atoms with Crippen LogP contribution >= 0.6 is 11.3 Å². The molecule has 5 N–H and O–H groups in total. The highest BCUT2D eigenvalue weighted by molar-refractivity contribution is 7.22. The van der Waals surface area contributed by atoms with Gasteiger partial charge in [0.1, 0.15) is 0 Å². The van der Waals surface area contributed by atoms with Crippen LogP contribution in [0.5, 0.6) is 0 Å². The maximum atomic E-state index is 12.3. The number of piperidine rings is 1. The summed E-state index contributed by atoms with van der Waals surface area (Å²) in [5.41, 5.74) is 3.04. The SMILES string of the molecule is O=C(Nc1nc2ccc(-c3cn[nH]c3)cc2s1)C1CCNCC1.O=C(O)C(F)(F)F.O=C(O)C(F)(F)F. The molecule has 202 valence electrons. The molecular weight excluding hydrogens is 536 g/mol. The molecule has 1 saturated heterocycles. The van der Waals surface area contributed by atoms with Crippen LogP contribution in [-0.4, -0.2) is 68.7 Å². The fourth-order valence-corrected chi connectivity index (χ4v) is 3.77. The van der Waals surface area contributed by atoms with E-state index in [0.29, 0.717) is 5.13 Å². The minimum Gasteiger partial charge on any atom is -0.475 e. The minimum atomic E-state index is -5.08. The van der Waals surface area contributed by atoms with Gasteiger partial charge in [-0.15, -0.1) is 0 Å². The van der Waals surface area contributed by atoms with Gasteiger partial charge in [0, 0.05) is 17.7 Å². The van der Waals surface area contributed by atoms with Gasteiger partial charge in [-0.3, -0.25) is 9.89 Å². The number of carboxylic acid groups (broad SMARTS) is 2. The second kappa shape index (κ2) is 12.5. The molecule has 37 heavy (non-hydrogen) atoms. The fourth-order valence-electron chi connectivity index (χ4n) is 2.86. The third-order valence-electron chi connectivity index (χ3n) is 4.65. The van der Waals surface area contributed by atoms with Crippen LogP contribution in [0.15, 0.2) is 30.6 Å². The van der Waals surface area contributed by atoms with E-state index in [0.717, 1.165) is 47.3 Å².